The second kappa shape index (κ2) is 8.44. The number of carbonyl (C=O) groups excluding carboxylic acids is 1. The van der Waals surface area contributed by atoms with E-state index in [-0.39, 0.29) is 24.3 Å². The Bertz CT molecular complexity index is 1280. The van der Waals surface area contributed by atoms with Gasteiger partial charge >= 0.3 is 5.97 Å². The molecule has 0 spiro atoms. The van der Waals surface area contributed by atoms with Crippen molar-refractivity contribution in [2.75, 3.05) is 17.7 Å². The number of nitrogens with two attached hydrogens (primary N) is 1. The number of hydrogen-bond acceptors (Lipinski definition) is 9. The number of aliphatic carboxylic acids is 1. The van der Waals surface area contributed by atoms with E-state index < -0.39 is 17.3 Å². The van der Waals surface area contributed by atoms with Crippen LogP contribution >= 0.6 is 11.3 Å². The van der Waals surface area contributed by atoms with Crippen molar-refractivity contribution in [2.45, 2.75) is 57.6 Å². The number of fused-ring (bicyclic) bond motifs is 3. The molecular formula is C22H25N7O4S. The van der Waals surface area contributed by atoms with E-state index in [2.05, 4.69) is 34.1 Å². The maximum atomic E-state index is 13.4. The smallest absolute Gasteiger partial charge is 0.309 e. The first-order valence-electron chi connectivity index (χ1n) is 11.1. The predicted molar refractivity (Wildman–Crippen MR) is 125 cm³/mol. The SMILES string of the molecule is CC1(C)Cc2cnc(N)nc2-c2c1c(C(=O)Nc1nc(CC(=O)O)cs1)nn2C1CCCCO1. The summed E-state index contributed by atoms with van der Waals surface area (Å²) in [6.45, 7) is 4.74. The minimum Gasteiger partial charge on any atom is -0.481 e. The summed E-state index contributed by atoms with van der Waals surface area (Å²) in [5, 5.41) is 18.5. The average Bonchev–Trinajstić information content (AvgIpc) is 3.40. The van der Waals surface area contributed by atoms with Gasteiger partial charge < -0.3 is 15.6 Å². The van der Waals surface area contributed by atoms with E-state index in [0.717, 1.165) is 36.1 Å². The summed E-state index contributed by atoms with van der Waals surface area (Å²) < 4.78 is 7.79. The lowest BCUT2D eigenvalue weighted by Crippen LogP contribution is -2.30. The Balaban J connectivity index is 1.60. The zero-order valence-electron chi connectivity index (χ0n) is 18.9. The van der Waals surface area contributed by atoms with Crippen LogP contribution in [0.15, 0.2) is 11.6 Å². The van der Waals surface area contributed by atoms with E-state index in [1.54, 1.807) is 16.3 Å². The molecule has 3 aromatic heterocycles. The summed E-state index contributed by atoms with van der Waals surface area (Å²) >= 11 is 1.17. The maximum Gasteiger partial charge on any atom is 0.309 e. The number of amides is 1. The van der Waals surface area contributed by atoms with Crippen LogP contribution in [-0.4, -0.2) is 48.3 Å². The normalized spacial score (nSPS) is 18.7. The van der Waals surface area contributed by atoms with E-state index in [1.165, 1.54) is 11.3 Å². The third-order valence-corrected chi connectivity index (χ3v) is 6.88. The molecule has 1 atom stereocenters. The highest BCUT2D eigenvalue weighted by Gasteiger charge is 2.41. The van der Waals surface area contributed by atoms with Crippen LogP contribution in [-0.2, 0) is 27.8 Å². The lowest BCUT2D eigenvalue weighted by atomic mass is 9.73. The van der Waals surface area contributed by atoms with Crippen molar-refractivity contribution in [3.05, 3.63) is 34.1 Å². The van der Waals surface area contributed by atoms with E-state index in [0.29, 0.717) is 29.5 Å². The van der Waals surface area contributed by atoms with Crippen LogP contribution in [0, 0.1) is 0 Å². The number of thiazole rings is 1. The number of carboxylic acids is 1. The Hall–Kier alpha value is -3.38. The molecule has 0 saturated carbocycles. The van der Waals surface area contributed by atoms with Crippen LogP contribution < -0.4 is 11.1 Å². The molecule has 1 amide bonds. The lowest BCUT2D eigenvalue weighted by Gasteiger charge is -2.33. The molecule has 1 fully saturated rings. The predicted octanol–water partition coefficient (Wildman–Crippen LogP) is 2.79. The van der Waals surface area contributed by atoms with Crippen molar-refractivity contribution in [3.8, 4) is 11.4 Å². The van der Waals surface area contributed by atoms with Gasteiger partial charge in [0.1, 0.15) is 0 Å². The summed E-state index contributed by atoms with van der Waals surface area (Å²) in [5.41, 5.74) is 9.26. The van der Waals surface area contributed by atoms with Gasteiger partial charge in [-0.15, -0.1) is 11.3 Å². The number of nitrogens with one attached hydrogen (secondary N) is 1. The van der Waals surface area contributed by atoms with E-state index >= 15 is 0 Å². The van der Waals surface area contributed by atoms with E-state index in [1.807, 2.05) is 0 Å². The van der Waals surface area contributed by atoms with Crippen molar-refractivity contribution < 1.29 is 19.4 Å². The largest absolute Gasteiger partial charge is 0.481 e. The topological polar surface area (TPSA) is 158 Å². The fourth-order valence-corrected chi connectivity index (χ4v) is 5.37. The van der Waals surface area contributed by atoms with Crippen LogP contribution in [0.5, 0.6) is 0 Å². The molecule has 4 N–H and O–H groups in total. The van der Waals surface area contributed by atoms with Crippen molar-refractivity contribution >= 4 is 34.3 Å². The molecule has 0 aromatic carbocycles. The van der Waals surface area contributed by atoms with E-state index in [4.69, 9.17) is 20.7 Å². The number of rotatable bonds is 5. The number of carbonyl (C=O) groups is 2. The summed E-state index contributed by atoms with van der Waals surface area (Å²) in [7, 11) is 0. The number of aromatic nitrogens is 5. The molecule has 4 heterocycles. The van der Waals surface area contributed by atoms with Crippen LogP contribution in [0.3, 0.4) is 0 Å². The van der Waals surface area contributed by atoms with E-state index in [9.17, 15) is 9.59 Å². The molecule has 1 unspecified atom stereocenters. The molecule has 1 saturated heterocycles. The number of anilines is 2. The summed E-state index contributed by atoms with van der Waals surface area (Å²) in [5.74, 6) is -1.24. The van der Waals surface area contributed by atoms with Crippen molar-refractivity contribution in [2.24, 2.45) is 0 Å². The molecule has 0 bridgehead atoms. The molecule has 34 heavy (non-hydrogen) atoms. The number of carboxylic acid groups (broad SMARTS) is 1. The minimum absolute atomic E-state index is 0.154. The second-order valence-corrected chi connectivity index (χ2v) is 10.0. The van der Waals surface area contributed by atoms with Crippen molar-refractivity contribution in [1.29, 1.82) is 0 Å². The number of hydrogen-bond donors (Lipinski definition) is 3. The van der Waals surface area contributed by atoms with Crippen molar-refractivity contribution in [3.63, 3.8) is 0 Å². The Labute approximate surface area is 199 Å². The highest BCUT2D eigenvalue weighted by atomic mass is 32.1. The van der Waals surface area contributed by atoms with Gasteiger partial charge in [-0.05, 0) is 36.7 Å². The Kier molecular flexibility index (Phi) is 5.56. The standard InChI is InChI=1S/C22H25N7O4S/c1-22(2)8-11-9-24-20(23)26-16(11)18-15(22)17(28-29(18)13-5-3-4-6-33-13)19(32)27-21-25-12(10-34-21)7-14(30)31/h9-10,13H,3-8H2,1-2H3,(H,30,31)(H2,23,24,26)(H,25,27,32). The number of nitrogens with zero attached hydrogens (tertiary/aromatic N) is 5. The molecule has 0 radical (unpaired) electrons. The summed E-state index contributed by atoms with van der Waals surface area (Å²) in [6, 6.07) is 0. The molecule has 12 heteroatoms. The molecule has 2 aliphatic rings. The Morgan fingerprint density at radius 1 is 1.35 bits per heavy atom. The van der Waals surface area contributed by atoms with Crippen LogP contribution in [0.1, 0.15) is 66.6 Å². The first-order valence-corrected chi connectivity index (χ1v) is 11.9. The molecule has 178 valence electrons. The second-order valence-electron chi connectivity index (χ2n) is 9.17. The fraction of sp³-hybridized carbons (Fsp3) is 0.455. The monoisotopic (exact) mass is 483 g/mol. The quantitative estimate of drug-likeness (QED) is 0.496. The summed E-state index contributed by atoms with van der Waals surface area (Å²) in [6.07, 6.45) is 4.58. The molecule has 3 aromatic rings. The Morgan fingerprint density at radius 2 is 2.18 bits per heavy atom. The van der Waals surface area contributed by atoms with Gasteiger partial charge in [-0.2, -0.15) is 5.10 Å². The summed E-state index contributed by atoms with van der Waals surface area (Å²) in [4.78, 5) is 37.3. The van der Waals surface area contributed by atoms with Gasteiger partial charge in [0.05, 0.1) is 23.5 Å². The average molecular weight is 484 g/mol. The fourth-order valence-electron chi connectivity index (χ4n) is 4.66. The van der Waals surface area contributed by atoms with Gasteiger partial charge in [-0.1, -0.05) is 13.8 Å². The number of nitrogen functional groups attached to an aromatic ring is 1. The third kappa shape index (κ3) is 4.03. The number of ether oxygens (including phenoxy) is 1. The highest BCUT2D eigenvalue weighted by Crippen LogP contribution is 2.45. The zero-order chi connectivity index (χ0) is 24.0. The third-order valence-electron chi connectivity index (χ3n) is 6.08. The molecule has 11 nitrogen and oxygen atoms in total. The molecular weight excluding hydrogens is 458 g/mol. The van der Waals surface area contributed by atoms with Gasteiger partial charge in [0, 0.05) is 23.7 Å². The molecule has 1 aliphatic heterocycles. The van der Waals surface area contributed by atoms with Gasteiger partial charge in [0.2, 0.25) is 5.95 Å². The van der Waals surface area contributed by atoms with Crippen LogP contribution in [0.2, 0.25) is 0 Å². The maximum absolute atomic E-state index is 13.4. The van der Waals surface area contributed by atoms with Crippen molar-refractivity contribution in [1.82, 2.24) is 24.7 Å². The van der Waals surface area contributed by atoms with Gasteiger partial charge in [-0.3, -0.25) is 14.9 Å². The lowest BCUT2D eigenvalue weighted by molar-refractivity contribution is -0.136. The van der Waals surface area contributed by atoms with Crippen LogP contribution in [0.4, 0.5) is 11.1 Å². The first kappa shape index (κ1) is 22.4. The van der Waals surface area contributed by atoms with Crippen LogP contribution in [0.25, 0.3) is 11.4 Å². The van der Waals surface area contributed by atoms with Gasteiger partial charge in [0.25, 0.3) is 5.91 Å². The minimum atomic E-state index is -0.981. The first-order chi connectivity index (χ1) is 16.2. The highest BCUT2D eigenvalue weighted by molar-refractivity contribution is 7.14. The molecule has 1 aliphatic carbocycles. The van der Waals surface area contributed by atoms with Gasteiger partial charge in [-0.25, -0.2) is 19.6 Å². The van der Waals surface area contributed by atoms with Gasteiger partial charge in [0.15, 0.2) is 17.1 Å². The zero-order valence-corrected chi connectivity index (χ0v) is 19.7. The molecule has 5 rings (SSSR count). The Morgan fingerprint density at radius 3 is 2.91 bits per heavy atom.